The van der Waals surface area contributed by atoms with Gasteiger partial charge in [-0.05, 0) is 31.0 Å². The van der Waals surface area contributed by atoms with E-state index in [1.54, 1.807) is 19.1 Å². The molecule has 0 unspecified atom stereocenters. The van der Waals surface area contributed by atoms with Crippen LogP contribution in [-0.4, -0.2) is 4.92 Å². The van der Waals surface area contributed by atoms with Gasteiger partial charge in [0.15, 0.2) is 0 Å². The number of benzene rings is 1. The number of nitrogens with zero attached hydrogens (tertiary/aromatic N) is 2. The Morgan fingerprint density at radius 3 is 2.65 bits per heavy atom. The second-order valence-corrected chi connectivity index (χ2v) is 3.89. The summed E-state index contributed by atoms with van der Waals surface area (Å²) in [6.07, 6.45) is 0.533. The maximum absolute atomic E-state index is 10.7. The fraction of sp³-hybridized carbons (Fsp3) is 0.250. The molecular weight excluding hydrogens is 240 g/mol. The molecule has 0 aromatic heterocycles. The van der Waals surface area contributed by atoms with Crippen LogP contribution in [0.3, 0.4) is 0 Å². The molecule has 88 valence electrons. The Kier molecular flexibility index (Phi) is 4.24. The van der Waals surface area contributed by atoms with Gasteiger partial charge in [0, 0.05) is 17.2 Å². The lowest BCUT2D eigenvalue weighted by Crippen LogP contribution is -1.93. The van der Waals surface area contributed by atoms with Crippen molar-refractivity contribution in [3.05, 3.63) is 45.0 Å². The summed E-state index contributed by atoms with van der Waals surface area (Å²) < 4.78 is 0. The molecule has 0 atom stereocenters. The van der Waals surface area contributed by atoms with Crippen LogP contribution in [0.1, 0.15) is 24.5 Å². The average Bonchev–Trinajstić information content (AvgIpc) is 2.29. The molecule has 0 aliphatic rings. The van der Waals surface area contributed by atoms with Gasteiger partial charge >= 0.3 is 0 Å². The number of nitriles is 1. The molecule has 0 radical (unpaired) electrons. The Hall–Kier alpha value is -1.86. The molecule has 0 saturated heterocycles. The van der Waals surface area contributed by atoms with Gasteiger partial charge in [0.2, 0.25) is 0 Å². The standard InChI is InChI=1S/C12H11ClN2O2/c1-3-9(7-14)12(13)10-4-5-11(15(16)17)8(2)6-10/h4-6H,3H2,1-2H3. The molecule has 0 fully saturated rings. The van der Waals surface area contributed by atoms with Crippen LogP contribution in [0.5, 0.6) is 0 Å². The van der Waals surface area contributed by atoms with Gasteiger partial charge in [0.1, 0.15) is 0 Å². The molecule has 1 aromatic carbocycles. The second kappa shape index (κ2) is 5.46. The molecule has 0 spiro atoms. The number of hydrogen-bond donors (Lipinski definition) is 0. The molecule has 5 heteroatoms. The normalized spacial score (nSPS) is 11.6. The topological polar surface area (TPSA) is 66.9 Å². The highest BCUT2D eigenvalue weighted by molar-refractivity contribution is 6.49. The molecule has 0 aliphatic carbocycles. The van der Waals surface area contributed by atoms with Crippen LogP contribution in [0.2, 0.25) is 0 Å². The summed E-state index contributed by atoms with van der Waals surface area (Å²) in [5, 5.41) is 19.9. The van der Waals surface area contributed by atoms with Crippen LogP contribution < -0.4 is 0 Å². The van der Waals surface area contributed by atoms with Crippen molar-refractivity contribution >= 4 is 22.3 Å². The highest BCUT2D eigenvalue weighted by atomic mass is 35.5. The third kappa shape index (κ3) is 2.83. The van der Waals surface area contributed by atoms with E-state index in [2.05, 4.69) is 0 Å². The summed E-state index contributed by atoms with van der Waals surface area (Å²) >= 11 is 6.06. The van der Waals surface area contributed by atoms with Crippen LogP contribution in [-0.2, 0) is 0 Å². The van der Waals surface area contributed by atoms with Gasteiger partial charge < -0.3 is 0 Å². The molecule has 0 bridgehead atoms. The molecule has 17 heavy (non-hydrogen) atoms. The van der Waals surface area contributed by atoms with Crippen LogP contribution in [0.25, 0.3) is 5.03 Å². The van der Waals surface area contributed by atoms with Gasteiger partial charge in [-0.15, -0.1) is 0 Å². The predicted octanol–water partition coefficient (Wildman–Crippen LogP) is 3.79. The van der Waals surface area contributed by atoms with E-state index in [1.165, 1.54) is 6.07 Å². The third-order valence-electron chi connectivity index (χ3n) is 2.40. The first-order chi connectivity index (χ1) is 8.01. The Morgan fingerprint density at radius 2 is 2.24 bits per heavy atom. The smallest absolute Gasteiger partial charge is 0.258 e. The zero-order valence-corrected chi connectivity index (χ0v) is 10.3. The summed E-state index contributed by atoms with van der Waals surface area (Å²) in [6.45, 7) is 3.48. The minimum absolute atomic E-state index is 0.0493. The molecule has 0 aliphatic heterocycles. The maximum atomic E-state index is 10.7. The van der Waals surface area contributed by atoms with E-state index >= 15 is 0 Å². The van der Waals surface area contributed by atoms with Crippen molar-refractivity contribution in [3.8, 4) is 6.07 Å². The lowest BCUT2D eigenvalue weighted by atomic mass is 10.1. The number of nitro groups is 1. The fourth-order valence-electron chi connectivity index (χ4n) is 1.45. The molecule has 0 heterocycles. The van der Waals surface area contributed by atoms with Crippen molar-refractivity contribution in [2.24, 2.45) is 0 Å². The highest BCUT2D eigenvalue weighted by Gasteiger charge is 2.12. The lowest BCUT2D eigenvalue weighted by molar-refractivity contribution is -0.385. The maximum Gasteiger partial charge on any atom is 0.272 e. The number of aryl methyl sites for hydroxylation is 1. The van der Waals surface area contributed by atoms with E-state index in [9.17, 15) is 10.1 Å². The van der Waals surface area contributed by atoms with Gasteiger partial charge in [-0.25, -0.2) is 0 Å². The van der Waals surface area contributed by atoms with E-state index in [1.807, 2.05) is 13.0 Å². The van der Waals surface area contributed by atoms with Gasteiger partial charge in [-0.3, -0.25) is 10.1 Å². The number of allylic oxidation sites excluding steroid dienone is 1. The third-order valence-corrected chi connectivity index (χ3v) is 2.85. The van der Waals surface area contributed by atoms with Gasteiger partial charge in [0.25, 0.3) is 5.69 Å². The predicted molar refractivity (Wildman–Crippen MR) is 66.5 cm³/mol. The summed E-state index contributed by atoms with van der Waals surface area (Å²) in [7, 11) is 0. The molecular formula is C12H11ClN2O2. The van der Waals surface area contributed by atoms with Crippen LogP contribution in [0, 0.1) is 28.4 Å². The first-order valence-corrected chi connectivity index (χ1v) is 5.43. The monoisotopic (exact) mass is 250 g/mol. The minimum atomic E-state index is -0.443. The van der Waals surface area contributed by atoms with Gasteiger partial charge in [-0.1, -0.05) is 18.5 Å². The van der Waals surface area contributed by atoms with E-state index in [4.69, 9.17) is 16.9 Å². The molecule has 0 N–H and O–H groups in total. The van der Waals surface area contributed by atoms with Crippen molar-refractivity contribution in [1.29, 1.82) is 5.26 Å². The van der Waals surface area contributed by atoms with Crippen LogP contribution in [0.4, 0.5) is 5.69 Å². The fourth-order valence-corrected chi connectivity index (χ4v) is 1.75. The molecule has 4 nitrogen and oxygen atoms in total. The molecule has 1 aromatic rings. The number of halogens is 1. The van der Waals surface area contributed by atoms with Crippen molar-refractivity contribution in [3.63, 3.8) is 0 Å². The average molecular weight is 251 g/mol. The molecule has 1 rings (SSSR count). The van der Waals surface area contributed by atoms with E-state index in [0.717, 1.165) is 0 Å². The quantitative estimate of drug-likeness (QED) is 0.466. The lowest BCUT2D eigenvalue weighted by Gasteiger charge is -2.04. The number of hydrogen-bond acceptors (Lipinski definition) is 3. The molecule has 0 saturated carbocycles. The molecule has 0 amide bonds. The minimum Gasteiger partial charge on any atom is -0.258 e. The Labute approximate surface area is 104 Å². The van der Waals surface area contributed by atoms with Crippen molar-refractivity contribution in [2.45, 2.75) is 20.3 Å². The van der Waals surface area contributed by atoms with Gasteiger partial charge in [-0.2, -0.15) is 5.26 Å². The van der Waals surface area contributed by atoms with Crippen molar-refractivity contribution < 1.29 is 4.92 Å². The zero-order chi connectivity index (χ0) is 13.0. The van der Waals surface area contributed by atoms with Gasteiger partial charge in [0.05, 0.1) is 16.0 Å². The van der Waals surface area contributed by atoms with E-state index < -0.39 is 4.92 Å². The summed E-state index contributed by atoms with van der Waals surface area (Å²) in [4.78, 5) is 10.2. The SMILES string of the molecule is CCC(C#N)=C(Cl)c1ccc([N+](=O)[O-])c(C)c1. The first kappa shape index (κ1) is 13.2. The number of nitro benzene ring substituents is 1. The van der Waals surface area contributed by atoms with Crippen LogP contribution in [0.15, 0.2) is 23.8 Å². The van der Waals surface area contributed by atoms with Crippen molar-refractivity contribution in [2.75, 3.05) is 0 Å². The van der Waals surface area contributed by atoms with Crippen LogP contribution >= 0.6 is 11.6 Å². The summed E-state index contributed by atoms with van der Waals surface area (Å²) in [5.74, 6) is 0. The summed E-state index contributed by atoms with van der Waals surface area (Å²) in [5.41, 5.74) is 1.68. The Balaban J connectivity index is 3.28. The van der Waals surface area contributed by atoms with E-state index in [-0.39, 0.29) is 5.69 Å². The highest BCUT2D eigenvalue weighted by Crippen LogP contribution is 2.28. The van der Waals surface area contributed by atoms with Crippen molar-refractivity contribution in [1.82, 2.24) is 0 Å². The Morgan fingerprint density at radius 1 is 1.59 bits per heavy atom. The largest absolute Gasteiger partial charge is 0.272 e. The van der Waals surface area contributed by atoms with E-state index in [0.29, 0.717) is 28.2 Å². The number of rotatable bonds is 3. The first-order valence-electron chi connectivity index (χ1n) is 5.05. The zero-order valence-electron chi connectivity index (χ0n) is 9.53. The Bertz CT molecular complexity index is 530. The summed E-state index contributed by atoms with van der Waals surface area (Å²) in [6, 6.07) is 6.60. The second-order valence-electron chi connectivity index (χ2n) is 3.52.